The fraction of sp³-hybridized carbons (Fsp3) is 0.429. The molecule has 3 nitrogen and oxygen atoms in total. The van der Waals surface area contributed by atoms with Gasteiger partial charge in [-0.1, -0.05) is 12.8 Å². The van der Waals surface area contributed by atoms with Crippen molar-refractivity contribution in [1.82, 2.24) is 9.55 Å². The minimum absolute atomic E-state index is 0.604. The lowest BCUT2D eigenvalue weighted by Crippen LogP contribution is -2.02. The monoisotopic (exact) mass is 228 g/mol. The van der Waals surface area contributed by atoms with Gasteiger partial charge in [0, 0.05) is 18.5 Å². The number of aromatic nitrogens is 2. The van der Waals surface area contributed by atoms with Crippen molar-refractivity contribution in [3.05, 3.63) is 29.6 Å². The van der Waals surface area contributed by atoms with E-state index in [1.165, 1.54) is 31.5 Å². The van der Waals surface area contributed by atoms with Crippen LogP contribution in [-0.4, -0.2) is 15.8 Å². The number of hydrogen-bond acceptors (Lipinski definition) is 2. The van der Waals surface area contributed by atoms with E-state index >= 15 is 0 Å². The Kier molecular flexibility index (Phi) is 2.46. The standard InChI is InChI=1S/C14H16N2O/c1-16-13-8-10(9-17)6-7-12(13)15-14(16)11-4-2-3-5-11/h6-9,11H,2-5H2,1H3. The molecule has 1 aromatic heterocycles. The van der Waals surface area contributed by atoms with Gasteiger partial charge in [-0.25, -0.2) is 4.98 Å². The number of carbonyl (C=O) groups excluding carboxylic acids is 1. The second kappa shape index (κ2) is 3.99. The largest absolute Gasteiger partial charge is 0.331 e. The van der Waals surface area contributed by atoms with Crippen LogP contribution in [0.25, 0.3) is 11.0 Å². The van der Waals surface area contributed by atoms with Gasteiger partial charge in [-0.3, -0.25) is 4.79 Å². The topological polar surface area (TPSA) is 34.9 Å². The van der Waals surface area contributed by atoms with Gasteiger partial charge in [0.05, 0.1) is 11.0 Å². The van der Waals surface area contributed by atoms with Gasteiger partial charge in [0.25, 0.3) is 0 Å². The van der Waals surface area contributed by atoms with Crippen LogP contribution in [0.15, 0.2) is 18.2 Å². The van der Waals surface area contributed by atoms with Crippen LogP contribution in [0.4, 0.5) is 0 Å². The zero-order valence-corrected chi connectivity index (χ0v) is 10.0. The second-order valence-electron chi connectivity index (χ2n) is 4.88. The molecule has 3 heteroatoms. The van der Waals surface area contributed by atoms with Crippen LogP contribution in [0.5, 0.6) is 0 Å². The molecule has 1 saturated carbocycles. The third-order valence-corrected chi connectivity index (χ3v) is 3.80. The third-order valence-electron chi connectivity index (χ3n) is 3.80. The molecule has 0 bridgehead atoms. The molecule has 3 rings (SSSR count). The van der Waals surface area contributed by atoms with E-state index < -0.39 is 0 Å². The number of nitrogens with zero attached hydrogens (tertiary/aromatic N) is 2. The highest BCUT2D eigenvalue weighted by molar-refractivity contribution is 5.85. The lowest BCUT2D eigenvalue weighted by atomic mass is 10.1. The van der Waals surface area contributed by atoms with Crippen LogP contribution < -0.4 is 0 Å². The predicted octanol–water partition coefficient (Wildman–Crippen LogP) is 3.04. The van der Waals surface area contributed by atoms with Gasteiger partial charge in [0.15, 0.2) is 0 Å². The number of benzene rings is 1. The molecule has 2 aromatic rings. The molecular weight excluding hydrogens is 212 g/mol. The molecule has 1 aromatic carbocycles. The van der Waals surface area contributed by atoms with Crippen LogP contribution >= 0.6 is 0 Å². The summed E-state index contributed by atoms with van der Waals surface area (Å²) in [7, 11) is 2.05. The zero-order chi connectivity index (χ0) is 11.8. The van der Waals surface area contributed by atoms with Crippen molar-refractivity contribution in [3.63, 3.8) is 0 Å². The lowest BCUT2D eigenvalue weighted by Gasteiger charge is -2.08. The number of fused-ring (bicyclic) bond motifs is 1. The molecule has 0 N–H and O–H groups in total. The number of carbonyl (C=O) groups is 1. The van der Waals surface area contributed by atoms with E-state index in [9.17, 15) is 4.79 Å². The predicted molar refractivity (Wildman–Crippen MR) is 67.3 cm³/mol. The van der Waals surface area contributed by atoms with Crippen LogP contribution in [0.3, 0.4) is 0 Å². The van der Waals surface area contributed by atoms with E-state index in [4.69, 9.17) is 4.98 Å². The van der Waals surface area contributed by atoms with Gasteiger partial charge in [-0.05, 0) is 31.0 Å². The van der Waals surface area contributed by atoms with E-state index in [2.05, 4.69) is 11.6 Å². The molecule has 1 fully saturated rings. The number of hydrogen-bond donors (Lipinski definition) is 0. The van der Waals surface area contributed by atoms with Crippen LogP contribution in [-0.2, 0) is 7.05 Å². The van der Waals surface area contributed by atoms with Gasteiger partial charge in [-0.15, -0.1) is 0 Å². The molecule has 1 aliphatic carbocycles. The molecule has 0 unspecified atom stereocenters. The summed E-state index contributed by atoms with van der Waals surface area (Å²) in [6.45, 7) is 0. The van der Waals surface area contributed by atoms with Crippen molar-refractivity contribution < 1.29 is 4.79 Å². The highest BCUT2D eigenvalue weighted by atomic mass is 16.1. The molecule has 0 aliphatic heterocycles. The van der Waals surface area contributed by atoms with E-state index in [0.717, 1.165) is 22.9 Å². The molecule has 0 radical (unpaired) electrons. The van der Waals surface area contributed by atoms with Gasteiger partial charge >= 0.3 is 0 Å². The maximum atomic E-state index is 10.8. The van der Waals surface area contributed by atoms with Gasteiger partial charge < -0.3 is 4.57 Å². The van der Waals surface area contributed by atoms with E-state index in [1.807, 2.05) is 18.2 Å². The molecule has 0 amide bonds. The third kappa shape index (κ3) is 1.66. The number of imidazole rings is 1. The maximum absolute atomic E-state index is 10.8. The van der Waals surface area contributed by atoms with Crippen molar-refractivity contribution in [2.24, 2.45) is 7.05 Å². The summed E-state index contributed by atoms with van der Waals surface area (Å²) in [6, 6.07) is 5.70. The van der Waals surface area contributed by atoms with Crippen LogP contribution in [0, 0.1) is 0 Å². The summed E-state index contributed by atoms with van der Waals surface area (Å²) >= 11 is 0. The fourth-order valence-corrected chi connectivity index (χ4v) is 2.85. The summed E-state index contributed by atoms with van der Waals surface area (Å²) in [6.07, 6.45) is 6.01. The molecule has 0 saturated heterocycles. The number of rotatable bonds is 2. The second-order valence-corrected chi connectivity index (χ2v) is 4.88. The Hall–Kier alpha value is -1.64. The molecule has 17 heavy (non-hydrogen) atoms. The normalized spacial score (nSPS) is 16.8. The SMILES string of the molecule is Cn1c(C2CCCC2)nc2ccc(C=O)cc21. The van der Waals surface area contributed by atoms with Crippen molar-refractivity contribution in [1.29, 1.82) is 0 Å². The molecule has 1 aliphatic rings. The highest BCUT2D eigenvalue weighted by Gasteiger charge is 2.22. The average molecular weight is 228 g/mol. The average Bonchev–Trinajstić information content (AvgIpc) is 2.97. The Bertz CT molecular complexity index is 565. The van der Waals surface area contributed by atoms with E-state index in [-0.39, 0.29) is 0 Å². The van der Waals surface area contributed by atoms with Gasteiger partial charge in [-0.2, -0.15) is 0 Å². The minimum atomic E-state index is 0.604. The first kappa shape index (κ1) is 10.5. The molecule has 1 heterocycles. The molecule has 0 atom stereocenters. The summed E-state index contributed by atoms with van der Waals surface area (Å²) in [5.74, 6) is 1.78. The van der Waals surface area contributed by atoms with Crippen molar-refractivity contribution in [3.8, 4) is 0 Å². The summed E-state index contributed by atoms with van der Waals surface area (Å²) in [5.41, 5.74) is 2.79. The smallest absolute Gasteiger partial charge is 0.150 e. The first-order chi connectivity index (χ1) is 8.29. The van der Waals surface area contributed by atoms with Gasteiger partial charge in [0.2, 0.25) is 0 Å². The van der Waals surface area contributed by atoms with Crippen LogP contribution in [0.2, 0.25) is 0 Å². The zero-order valence-electron chi connectivity index (χ0n) is 10.0. The first-order valence-electron chi connectivity index (χ1n) is 6.21. The van der Waals surface area contributed by atoms with Crippen LogP contribution in [0.1, 0.15) is 47.8 Å². The molecular formula is C14H16N2O. The minimum Gasteiger partial charge on any atom is -0.331 e. The number of aldehydes is 1. The molecule has 88 valence electrons. The highest BCUT2D eigenvalue weighted by Crippen LogP contribution is 2.34. The Morgan fingerprint density at radius 3 is 2.82 bits per heavy atom. The van der Waals surface area contributed by atoms with Crippen molar-refractivity contribution in [2.75, 3.05) is 0 Å². The lowest BCUT2D eigenvalue weighted by molar-refractivity contribution is 0.112. The Morgan fingerprint density at radius 2 is 2.12 bits per heavy atom. The first-order valence-corrected chi connectivity index (χ1v) is 6.21. The summed E-state index contributed by atoms with van der Waals surface area (Å²) in [4.78, 5) is 15.5. The van der Waals surface area contributed by atoms with E-state index in [0.29, 0.717) is 5.92 Å². The van der Waals surface area contributed by atoms with Crippen molar-refractivity contribution >= 4 is 17.3 Å². The Morgan fingerprint density at radius 1 is 1.35 bits per heavy atom. The summed E-state index contributed by atoms with van der Waals surface area (Å²) in [5, 5.41) is 0. The Labute approximate surface area is 100 Å². The van der Waals surface area contributed by atoms with Gasteiger partial charge in [0.1, 0.15) is 12.1 Å². The fourth-order valence-electron chi connectivity index (χ4n) is 2.85. The van der Waals surface area contributed by atoms with E-state index in [1.54, 1.807) is 0 Å². The number of aryl methyl sites for hydroxylation is 1. The molecule has 0 spiro atoms. The Balaban J connectivity index is 2.14. The van der Waals surface area contributed by atoms with Crippen molar-refractivity contribution in [2.45, 2.75) is 31.6 Å². The maximum Gasteiger partial charge on any atom is 0.150 e. The summed E-state index contributed by atoms with van der Waals surface area (Å²) < 4.78 is 2.15. The quantitative estimate of drug-likeness (QED) is 0.740.